The number of hydrogen-bond donors (Lipinski definition) is 1. The normalized spacial score (nSPS) is 10.0. The molecule has 0 radical (unpaired) electrons. The Kier molecular flexibility index (Phi) is 4.12. The van der Waals surface area contributed by atoms with Crippen molar-refractivity contribution >= 4 is 12.1 Å². The van der Waals surface area contributed by atoms with Crippen LogP contribution in [0.5, 0.6) is 0 Å². The largest absolute Gasteiger partial charge is 0.392 e. The predicted molar refractivity (Wildman–Crippen MR) is 51.7 cm³/mol. The minimum Gasteiger partial charge on any atom is -0.392 e. The first kappa shape index (κ1) is 11.5. The summed E-state index contributed by atoms with van der Waals surface area (Å²) >= 11 is 0. The van der Waals surface area contributed by atoms with Crippen LogP contribution in [0.3, 0.4) is 0 Å². The lowest BCUT2D eigenvalue weighted by Crippen LogP contribution is -2.04. The number of aliphatic hydroxyl groups excluding tert-OH is 1. The van der Waals surface area contributed by atoms with Crippen molar-refractivity contribution in [3.05, 3.63) is 35.1 Å². The fourth-order valence-corrected chi connectivity index (χ4v) is 1.34. The van der Waals surface area contributed by atoms with Gasteiger partial charge < -0.3 is 5.11 Å². The maximum atomic E-state index is 13.3. The van der Waals surface area contributed by atoms with Gasteiger partial charge in [0.25, 0.3) is 0 Å². The molecule has 80 valence electrons. The van der Waals surface area contributed by atoms with Gasteiger partial charge in [0.2, 0.25) is 0 Å². The number of hydrogen-bond acceptors (Lipinski definition) is 3. The Morgan fingerprint density at radius 1 is 1.47 bits per heavy atom. The van der Waals surface area contributed by atoms with Crippen molar-refractivity contribution in [3.8, 4) is 0 Å². The zero-order chi connectivity index (χ0) is 11.3. The van der Waals surface area contributed by atoms with Crippen LogP contribution in [0.4, 0.5) is 4.39 Å². The Hall–Kier alpha value is -1.55. The first-order valence-corrected chi connectivity index (χ1v) is 4.54. The van der Waals surface area contributed by atoms with Crippen molar-refractivity contribution < 1.29 is 19.1 Å². The van der Waals surface area contributed by atoms with E-state index in [1.165, 1.54) is 12.1 Å². The van der Waals surface area contributed by atoms with E-state index in [9.17, 15) is 14.0 Å². The van der Waals surface area contributed by atoms with Crippen molar-refractivity contribution in [1.29, 1.82) is 0 Å². The van der Waals surface area contributed by atoms with Gasteiger partial charge in [0.05, 0.1) is 6.61 Å². The van der Waals surface area contributed by atoms with Crippen molar-refractivity contribution in [2.75, 3.05) is 0 Å². The summed E-state index contributed by atoms with van der Waals surface area (Å²) in [5, 5.41) is 8.94. The summed E-state index contributed by atoms with van der Waals surface area (Å²) in [6.07, 6.45) is 0.330. The average Bonchev–Trinajstić information content (AvgIpc) is 2.26. The summed E-state index contributed by atoms with van der Waals surface area (Å²) in [5.41, 5.74) is 0.754. The number of halogens is 1. The molecule has 4 heteroatoms. The van der Waals surface area contributed by atoms with Crippen LogP contribution < -0.4 is 0 Å². The fourth-order valence-electron chi connectivity index (χ4n) is 1.34. The van der Waals surface area contributed by atoms with Crippen molar-refractivity contribution in [2.24, 2.45) is 0 Å². The number of Topliss-reactive ketones (excluding diaryl/α,β-unsaturated/α-hetero) is 1. The Balaban J connectivity index is 2.83. The molecule has 3 nitrogen and oxygen atoms in total. The fraction of sp³-hybridized carbons (Fsp3) is 0.273. The van der Waals surface area contributed by atoms with Crippen molar-refractivity contribution in [3.63, 3.8) is 0 Å². The molecule has 1 aromatic carbocycles. The van der Waals surface area contributed by atoms with Gasteiger partial charge in [0.1, 0.15) is 5.82 Å². The Bertz CT molecular complexity index is 374. The van der Waals surface area contributed by atoms with Crippen LogP contribution >= 0.6 is 0 Å². The number of rotatable bonds is 5. The molecule has 0 saturated heterocycles. The van der Waals surface area contributed by atoms with E-state index in [1.807, 2.05) is 0 Å². The Morgan fingerprint density at radius 3 is 2.80 bits per heavy atom. The minimum absolute atomic E-state index is 0.0303. The third kappa shape index (κ3) is 2.95. The van der Waals surface area contributed by atoms with Crippen LogP contribution in [-0.2, 0) is 22.6 Å². The average molecular weight is 210 g/mol. The van der Waals surface area contributed by atoms with Gasteiger partial charge >= 0.3 is 0 Å². The number of carbonyl (C=O) groups excluding carboxylic acids is 2. The SMILES string of the molecule is O=CC(=O)CCc1c(F)cccc1CO. The molecule has 1 rings (SSSR count). The number of carbonyl (C=O) groups is 2. The highest BCUT2D eigenvalue weighted by atomic mass is 19.1. The lowest BCUT2D eigenvalue weighted by molar-refractivity contribution is -0.129. The third-order valence-electron chi connectivity index (χ3n) is 2.14. The zero-order valence-corrected chi connectivity index (χ0v) is 8.07. The van der Waals surface area contributed by atoms with E-state index < -0.39 is 11.6 Å². The molecule has 0 fully saturated rings. The Morgan fingerprint density at radius 2 is 2.20 bits per heavy atom. The quantitative estimate of drug-likeness (QED) is 0.583. The molecular formula is C11H11FO3. The molecule has 0 unspecified atom stereocenters. The topological polar surface area (TPSA) is 54.4 Å². The van der Waals surface area contributed by atoms with E-state index in [0.29, 0.717) is 11.1 Å². The van der Waals surface area contributed by atoms with Crippen LogP contribution in [0.15, 0.2) is 18.2 Å². The molecule has 0 heterocycles. The molecule has 0 bridgehead atoms. The van der Waals surface area contributed by atoms with Crippen LogP contribution in [0.1, 0.15) is 17.5 Å². The first-order valence-electron chi connectivity index (χ1n) is 4.54. The third-order valence-corrected chi connectivity index (χ3v) is 2.14. The van der Waals surface area contributed by atoms with Crippen molar-refractivity contribution in [1.82, 2.24) is 0 Å². The van der Waals surface area contributed by atoms with Crippen LogP contribution in [-0.4, -0.2) is 17.2 Å². The molecule has 0 saturated carbocycles. The van der Waals surface area contributed by atoms with E-state index in [0.717, 1.165) is 0 Å². The summed E-state index contributed by atoms with van der Waals surface area (Å²) in [4.78, 5) is 20.8. The van der Waals surface area contributed by atoms with Crippen LogP contribution in [0.25, 0.3) is 0 Å². The second-order valence-corrected chi connectivity index (χ2v) is 3.12. The lowest BCUT2D eigenvalue weighted by Gasteiger charge is -2.06. The second-order valence-electron chi connectivity index (χ2n) is 3.12. The highest BCUT2D eigenvalue weighted by molar-refractivity contribution is 6.24. The van der Waals surface area contributed by atoms with E-state index >= 15 is 0 Å². The van der Waals surface area contributed by atoms with E-state index in [4.69, 9.17) is 5.11 Å². The van der Waals surface area contributed by atoms with Crippen molar-refractivity contribution in [2.45, 2.75) is 19.4 Å². The summed E-state index contributed by atoms with van der Waals surface area (Å²) in [6, 6.07) is 4.34. The molecular weight excluding hydrogens is 199 g/mol. The Labute approximate surface area is 86.5 Å². The number of benzene rings is 1. The first-order chi connectivity index (χ1) is 7.19. The number of aliphatic hydroxyl groups is 1. The smallest absolute Gasteiger partial charge is 0.195 e. The standard InChI is InChI=1S/C11H11FO3/c12-11-3-1-2-8(6-13)10(11)5-4-9(15)7-14/h1-3,7,13H,4-6H2. The highest BCUT2D eigenvalue weighted by Gasteiger charge is 2.09. The summed E-state index contributed by atoms with van der Waals surface area (Å²) in [5.74, 6) is -1.03. The molecule has 15 heavy (non-hydrogen) atoms. The maximum Gasteiger partial charge on any atom is 0.195 e. The minimum atomic E-state index is -0.567. The second kappa shape index (κ2) is 5.36. The van der Waals surface area contributed by atoms with Gasteiger partial charge in [-0.15, -0.1) is 0 Å². The van der Waals surface area contributed by atoms with Crippen LogP contribution in [0.2, 0.25) is 0 Å². The monoisotopic (exact) mass is 210 g/mol. The number of ketones is 1. The maximum absolute atomic E-state index is 13.3. The molecule has 1 N–H and O–H groups in total. The van der Waals surface area contributed by atoms with Gasteiger partial charge in [-0.2, -0.15) is 0 Å². The highest BCUT2D eigenvalue weighted by Crippen LogP contribution is 2.15. The summed E-state index contributed by atoms with van der Waals surface area (Å²) < 4.78 is 13.3. The van der Waals surface area contributed by atoms with E-state index in [2.05, 4.69) is 0 Å². The molecule has 1 aromatic rings. The molecule has 0 spiro atoms. The number of aldehydes is 1. The van der Waals surface area contributed by atoms with Gasteiger partial charge in [-0.25, -0.2) is 4.39 Å². The lowest BCUT2D eigenvalue weighted by atomic mass is 10.0. The van der Waals surface area contributed by atoms with E-state index in [-0.39, 0.29) is 25.7 Å². The summed E-state index contributed by atoms with van der Waals surface area (Å²) in [6.45, 7) is -0.275. The molecule has 0 atom stereocenters. The van der Waals surface area contributed by atoms with Gasteiger partial charge in [-0.3, -0.25) is 9.59 Å². The van der Waals surface area contributed by atoms with Crippen LogP contribution in [0, 0.1) is 5.82 Å². The van der Waals surface area contributed by atoms with Gasteiger partial charge in [0, 0.05) is 6.42 Å². The molecule has 0 aliphatic heterocycles. The van der Waals surface area contributed by atoms with Gasteiger partial charge in [-0.05, 0) is 23.6 Å². The molecule has 0 amide bonds. The van der Waals surface area contributed by atoms with Gasteiger partial charge in [0.15, 0.2) is 12.1 Å². The zero-order valence-electron chi connectivity index (χ0n) is 8.07. The van der Waals surface area contributed by atoms with E-state index in [1.54, 1.807) is 6.07 Å². The molecule has 0 aromatic heterocycles. The molecule has 0 aliphatic rings. The van der Waals surface area contributed by atoms with Gasteiger partial charge in [-0.1, -0.05) is 12.1 Å². The predicted octanol–water partition coefficient (Wildman–Crippen LogP) is 1.02. The summed E-state index contributed by atoms with van der Waals surface area (Å²) in [7, 11) is 0. The molecule has 0 aliphatic carbocycles.